The maximum Gasteiger partial charge on any atom is 0.0632 e. The van der Waals surface area contributed by atoms with E-state index in [0.717, 1.165) is 12.2 Å². The first-order valence-corrected chi connectivity index (χ1v) is 6.89. The lowest BCUT2D eigenvalue weighted by Crippen LogP contribution is -2.45. The van der Waals surface area contributed by atoms with Crippen LogP contribution in [-0.2, 0) is 0 Å². The normalized spacial score (nSPS) is 25.8. The summed E-state index contributed by atoms with van der Waals surface area (Å²) >= 11 is 2.05. The largest absolute Gasteiger partial charge is 0.397 e. The summed E-state index contributed by atoms with van der Waals surface area (Å²) in [5.41, 5.74) is 9.54. The second kappa shape index (κ2) is 4.58. The summed E-state index contributed by atoms with van der Waals surface area (Å²) in [6, 6.07) is 6.73. The SMILES string of the molecule is Cc1cccc(N)c1N1CCSC(C)C1C. The molecule has 2 N–H and O–H groups in total. The molecule has 0 radical (unpaired) electrons. The van der Waals surface area contributed by atoms with Gasteiger partial charge in [0, 0.05) is 23.6 Å². The molecule has 1 heterocycles. The van der Waals surface area contributed by atoms with Crippen molar-refractivity contribution in [3.63, 3.8) is 0 Å². The van der Waals surface area contributed by atoms with Gasteiger partial charge in [0.1, 0.15) is 0 Å². The Morgan fingerprint density at radius 3 is 2.81 bits per heavy atom. The van der Waals surface area contributed by atoms with E-state index >= 15 is 0 Å². The molecule has 2 rings (SSSR count). The van der Waals surface area contributed by atoms with Gasteiger partial charge in [0.15, 0.2) is 0 Å². The number of hydrogen-bond acceptors (Lipinski definition) is 3. The van der Waals surface area contributed by atoms with Gasteiger partial charge in [0.2, 0.25) is 0 Å². The highest BCUT2D eigenvalue weighted by atomic mass is 32.2. The van der Waals surface area contributed by atoms with Gasteiger partial charge < -0.3 is 10.6 Å². The van der Waals surface area contributed by atoms with Crippen LogP contribution in [0.1, 0.15) is 19.4 Å². The maximum atomic E-state index is 6.11. The van der Waals surface area contributed by atoms with Crippen molar-refractivity contribution in [2.45, 2.75) is 32.1 Å². The Bertz CT molecular complexity index is 358. The van der Waals surface area contributed by atoms with Gasteiger partial charge >= 0.3 is 0 Å². The Hall–Kier alpha value is -0.830. The molecule has 3 heteroatoms. The van der Waals surface area contributed by atoms with Crippen LogP contribution in [0, 0.1) is 6.92 Å². The molecule has 0 spiro atoms. The highest BCUT2D eigenvalue weighted by molar-refractivity contribution is 8.00. The molecule has 0 saturated carbocycles. The molecular formula is C13H20N2S. The lowest BCUT2D eigenvalue weighted by Gasteiger charge is -2.40. The third-order valence-corrected chi connectivity index (χ3v) is 4.78. The number of benzene rings is 1. The molecule has 1 fully saturated rings. The van der Waals surface area contributed by atoms with Gasteiger partial charge in [0.25, 0.3) is 0 Å². The quantitative estimate of drug-likeness (QED) is 0.760. The number of rotatable bonds is 1. The van der Waals surface area contributed by atoms with E-state index in [1.54, 1.807) is 0 Å². The smallest absolute Gasteiger partial charge is 0.0632 e. The minimum Gasteiger partial charge on any atom is -0.397 e. The topological polar surface area (TPSA) is 29.3 Å². The van der Waals surface area contributed by atoms with E-state index in [0.29, 0.717) is 11.3 Å². The number of nitrogens with two attached hydrogens (primary N) is 1. The second-order valence-electron chi connectivity index (χ2n) is 4.52. The number of aryl methyl sites for hydroxylation is 1. The van der Waals surface area contributed by atoms with Crippen LogP contribution in [-0.4, -0.2) is 23.6 Å². The first kappa shape index (κ1) is 11.6. The van der Waals surface area contributed by atoms with Crippen molar-refractivity contribution in [3.05, 3.63) is 23.8 Å². The average Bonchev–Trinajstić information content (AvgIpc) is 2.24. The van der Waals surface area contributed by atoms with Crippen molar-refractivity contribution in [1.82, 2.24) is 0 Å². The van der Waals surface area contributed by atoms with Crippen molar-refractivity contribution in [2.24, 2.45) is 0 Å². The molecule has 2 atom stereocenters. The van der Waals surface area contributed by atoms with Gasteiger partial charge in [-0.3, -0.25) is 0 Å². The molecule has 1 aliphatic heterocycles. The van der Waals surface area contributed by atoms with Crippen LogP contribution in [0.3, 0.4) is 0 Å². The van der Waals surface area contributed by atoms with Crippen LogP contribution < -0.4 is 10.6 Å². The zero-order valence-electron chi connectivity index (χ0n) is 10.2. The summed E-state index contributed by atoms with van der Waals surface area (Å²) in [6.07, 6.45) is 0. The Labute approximate surface area is 102 Å². The van der Waals surface area contributed by atoms with Gasteiger partial charge in [-0.05, 0) is 25.5 Å². The highest BCUT2D eigenvalue weighted by Crippen LogP contribution is 2.34. The molecular weight excluding hydrogens is 216 g/mol. The predicted octanol–water partition coefficient (Wildman–Crippen LogP) is 2.91. The van der Waals surface area contributed by atoms with E-state index in [1.807, 2.05) is 12.1 Å². The number of thioether (sulfide) groups is 1. The van der Waals surface area contributed by atoms with Crippen LogP contribution in [0.4, 0.5) is 11.4 Å². The standard InChI is InChI=1S/C13H20N2S/c1-9-5-4-6-12(14)13(9)15-7-8-16-11(3)10(15)2/h4-6,10-11H,7-8,14H2,1-3H3. The van der Waals surface area contributed by atoms with Crippen molar-refractivity contribution in [1.29, 1.82) is 0 Å². The molecule has 16 heavy (non-hydrogen) atoms. The van der Waals surface area contributed by atoms with E-state index in [1.165, 1.54) is 17.0 Å². The third kappa shape index (κ3) is 2.01. The fourth-order valence-electron chi connectivity index (χ4n) is 2.32. The van der Waals surface area contributed by atoms with Crippen LogP contribution in [0.25, 0.3) is 0 Å². The van der Waals surface area contributed by atoms with Crippen molar-refractivity contribution in [2.75, 3.05) is 22.9 Å². The van der Waals surface area contributed by atoms with Crippen LogP contribution >= 0.6 is 11.8 Å². The lowest BCUT2D eigenvalue weighted by atomic mass is 10.1. The summed E-state index contributed by atoms with van der Waals surface area (Å²) in [5.74, 6) is 1.19. The van der Waals surface area contributed by atoms with Gasteiger partial charge in [0.05, 0.1) is 11.4 Å². The molecule has 0 amide bonds. The zero-order valence-corrected chi connectivity index (χ0v) is 11.1. The first-order valence-electron chi connectivity index (χ1n) is 5.84. The molecule has 2 unspecified atom stereocenters. The molecule has 0 bridgehead atoms. The maximum absolute atomic E-state index is 6.11. The van der Waals surface area contributed by atoms with E-state index in [2.05, 4.69) is 43.5 Å². The monoisotopic (exact) mass is 236 g/mol. The minimum atomic E-state index is 0.558. The number of nitrogens with zero attached hydrogens (tertiary/aromatic N) is 1. The van der Waals surface area contributed by atoms with Gasteiger partial charge in [-0.15, -0.1) is 0 Å². The highest BCUT2D eigenvalue weighted by Gasteiger charge is 2.27. The Kier molecular flexibility index (Phi) is 3.33. The fraction of sp³-hybridized carbons (Fsp3) is 0.538. The fourth-order valence-corrected chi connectivity index (χ4v) is 3.42. The minimum absolute atomic E-state index is 0.558. The molecule has 2 nitrogen and oxygen atoms in total. The Morgan fingerprint density at radius 2 is 2.12 bits per heavy atom. The Balaban J connectivity index is 2.36. The van der Waals surface area contributed by atoms with Crippen molar-refractivity contribution < 1.29 is 0 Å². The molecule has 1 aliphatic rings. The summed E-state index contributed by atoms with van der Waals surface area (Å²) < 4.78 is 0. The van der Waals surface area contributed by atoms with Gasteiger partial charge in [-0.1, -0.05) is 19.1 Å². The summed E-state index contributed by atoms with van der Waals surface area (Å²) in [6.45, 7) is 7.84. The molecule has 1 aromatic carbocycles. The number of para-hydroxylation sites is 1. The van der Waals surface area contributed by atoms with Crippen LogP contribution in [0.5, 0.6) is 0 Å². The van der Waals surface area contributed by atoms with Crippen LogP contribution in [0.2, 0.25) is 0 Å². The van der Waals surface area contributed by atoms with E-state index in [4.69, 9.17) is 5.73 Å². The number of anilines is 2. The molecule has 1 aromatic rings. The predicted molar refractivity (Wildman–Crippen MR) is 74.3 cm³/mol. The average molecular weight is 236 g/mol. The third-order valence-electron chi connectivity index (χ3n) is 3.44. The summed E-state index contributed by atoms with van der Waals surface area (Å²) in [4.78, 5) is 2.46. The lowest BCUT2D eigenvalue weighted by molar-refractivity contribution is 0.627. The van der Waals surface area contributed by atoms with E-state index in [9.17, 15) is 0 Å². The van der Waals surface area contributed by atoms with Crippen molar-refractivity contribution in [3.8, 4) is 0 Å². The summed E-state index contributed by atoms with van der Waals surface area (Å²) in [7, 11) is 0. The number of hydrogen-bond donors (Lipinski definition) is 1. The van der Waals surface area contributed by atoms with Gasteiger partial charge in [-0.25, -0.2) is 0 Å². The second-order valence-corrected chi connectivity index (χ2v) is 6.01. The molecule has 0 aliphatic carbocycles. The number of nitrogen functional groups attached to an aromatic ring is 1. The molecule has 0 aromatic heterocycles. The van der Waals surface area contributed by atoms with Crippen molar-refractivity contribution >= 4 is 23.1 Å². The van der Waals surface area contributed by atoms with E-state index < -0.39 is 0 Å². The van der Waals surface area contributed by atoms with Crippen LogP contribution in [0.15, 0.2) is 18.2 Å². The Morgan fingerprint density at radius 1 is 1.38 bits per heavy atom. The zero-order chi connectivity index (χ0) is 11.7. The summed E-state index contributed by atoms with van der Waals surface area (Å²) in [5, 5.41) is 0.674. The molecule has 1 saturated heterocycles. The molecule has 88 valence electrons. The van der Waals surface area contributed by atoms with E-state index in [-0.39, 0.29) is 0 Å². The first-order chi connectivity index (χ1) is 7.61. The van der Waals surface area contributed by atoms with Gasteiger partial charge in [-0.2, -0.15) is 11.8 Å².